The molecule has 1 aliphatic carbocycles. The Labute approximate surface area is 168 Å². The number of fused-ring (bicyclic) bond motifs is 1. The van der Waals surface area contributed by atoms with Gasteiger partial charge in [-0.05, 0) is 54.7 Å². The average molecular weight is 400 g/mol. The third-order valence-electron chi connectivity index (χ3n) is 4.87. The van der Waals surface area contributed by atoms with Crippen LogP contribution in [0.25, 0.3) is 5.69 Å². The van der Waals surface area contributed by atoms with E-state index in [1.54, 1.807) is 18.2 Å². The van der Waals surface area contributed by atoms with Crippen LogP contribution in [0.2, 0.25) is 10.0 Å². The summed E-state index contributed by atoms with van der Waals surface area (Å²) in [5, 5.41) is 8.74. The van der Waals surface area contributed by atoms with Crippen LogP contribution in [-0.4, -0.2) is 15.7 Å². The summed E-state index contributed by atoms with van der Waals surface area (Å²) in [6.07, 6.45) is 3.29. The molecule has 0 atom stereocenters. The summed E-state index contributed by atoms with van der Waals surface area (Å²) < 4.78 is 2.01. The average Bonchev–Trinajstić information content (AvgIpc) is 3.27. The van der Waals surface area contributed by atoms with Crippen molar-refractivity contribution in [1.82, 2.24) is 15.1 Å². The molecule has 0 saturated carbocycles. The molecule has 0 bridgehead atoms. The maximum atomic E-state index is 12.4. The summed E-state index contributed by atoms with van der Waals surface area (Å²) in [7, 11) is 0. The molecule has 6 heteroatoms. The van der Waals surface area contributed by atoms with Gasteiger partial charge in [0.15, 0.2) is 0 Å². The van der Waals surface area contributed by atoms with E-state index < -0.39 is 0 Å². The van der Waals surface area contributed by atoms with E-state index in [0.717, 1.165) is 30.6 Å². The molecule has 1 amide bonds. The van der Waals surface area contributed by atoms with Gasteiger partial charge < -0.3 is 5.32 Å². The first-order chi connectivity index (χ1) is 13.1. The fraction of sp³-hybridized carbons (Fsp3) is 0.238. The van der Waals surface area contributed by atoms with Crippen LogP contribution in [0, 0.1) is 0 Å². The Morgan fingerprint density at radius 2 is 1.78 bits per heavy atom. The van der Waals surface area contributed by atoms with Crippen molar-refractivity contribution in [2.45, 2.75) is 32.2 Å². The molecular weight excluding hydrogens is 381 g/mol. The first-order valence-corrected chi connectivity index (χ1v) is 9.73. The normalized spacial score (nSPS) is 12.8. The number of carbonyl (C=O) groups is 1. The van der Waals surface area contributed by atoms with E-state index >= 15 is 0 Å². The van der Waals surface area contributed by atoms with Crippen molar-refractivity contribution in [1.29, 1.82) is 0 Å². The van der Waals surface area contributed by atoms with Gasteiger partial charge in [-0.15, -0.1) is 0 Å². The number of halogens is 2. The molecule has 0 aliphatic heterocycles. The molecule has 2 aromatic carbocycles. The summed E-state index contributed by atoms with van der Waals surface area (Å²) in [4.78, 5) is 12.4. The highest BCUT2D eigenvalue weighted by Crippen LogP contribution is 2.28. The Bertz CT molecular complexity index is 962. The Morgan fingerprint density at radius 3 is 2.52 bits per heavy atom. The molecule has 1 heterocycles. The van der Waals surface area contributed by atoms with Gasteiger partial charge in [-0.3, -0.25) is 4.79 Å². The number of carbonyl (C=O) groups excluding carboxylic acids is 1. The highest BCUT2D eigenvalue weighted by Gasteiger charge is 2.23. The first kappa shape index (κ1) is 18.1. The van der Waals surface area contributed by atoms with Gasteiger partial charge in [0.25, 0.3) is 0 Å². The van der Waals surface area contributed by atoms with Crippen molar-refractivity contribution in [3.63, 3.8) is 0 Å². The molecule has 0 fully saturated rings. The summed E-state index contributed by atoms with van der Waals surface area (Å²) >= 11 is 12.3. The zero-order valence-corrected chi connectivity index (χ0v) is 16.2. The largest absolute Gasteiger partial charge is 0.350 e. The SMILES string of the molecule is O=C(Cc1c(Cl)cccc1Cl)NCc1nn(-c2ccccc2)c2c1CCC2. The van der Waals surface area contributed by atoms with E-state index in [2.05, 4.69) is 5.32 Å². The molecule has 4 nitrogen and oxygen atoms in total. The summed E-state index contributed by atoms with van der Waals surface area (Å²) in [6, 6.07) is 15.4. The number of para-hydroxylation sites is 1. The molecule has 27 heavy (non-hydrogen) atoms. The molecule has 0 unspecified atom stereocenters. The van der Waals surface area contributed by atoms with E-state index in [0.29, 0.717) is 22.2 Å². The highest BCUT2D eigenvalue weighted by atomic mass is 35.5. The van der Waals surface area contributed by atoms with Crippen LogP contribution < -0.4 is 5.32 Å². The van der Waals surface area contributed by atoms with Gasteiger partial charge in [0.05, 0.1) is 24.3 Å². The first-order valence-electron chi connectivity index (χ1n) is 8.98. The Hall–Kier alpha value is -2.30. The van der Waals surface area contributed by atoms with E-state index in [4.69, 9.17) is 28.3 Å². The van der Waals surface area contributed by atoms with Gasteiger partial charge in [0.2, 0.25) is 5.91 Å². The fourth-order valence-electron chi connectivity index (χ4n) is 3.55. The van der Waals surface area contributed by atoms with Gasteiger partial charge in [0, 0.05) is 15.7 Å². The lowest BCUT2D eigenvalue weighted by Crippen LogP contribution is -2.25. The fourth-order valence-corrected chi connectivity index (χ4v) is 4.08. The molecule has 0 radical (unpaired) electrons. The molecule has 1 aromatic heterocycles. The number of nitrogens with zero attached hydrogens (tertiary/aromatic N) is 2. The van der Waals surface area contributed by atoms with Crippen molar-refractivity contribution in [3.05, 3.63) is 81.1 Å². The minimum absolute atomic E-state index is 0.119. The van der Waals surface area contributed by atoms with E-state index in [1.807, 2.05) is 35.0 Å². The van der Waals surface area contributed by atoms with Crippen LogP contribution in [0.1, 0.15) is 28.9 Å². The Kier molecular flexibility index (Phi) is 5.19. The molecular formula is C21H19Cl2N3O. The number of aromatic nitrogens is 2. The second kappa shape index (κ2) is 7.75. The van der Waals surface area contributed by atoms with Gasteiger partial charge >= 0.3 is 0 Å². The van der Waals surface area contributed by atoms with Crippen LogP contribution in [0.5, 0.6) is 0 Å². The second-order valence-corrected chi connectivity index (χ2v) is 7.44. The minimum atomic E-state index is -0.119. The van der Waals surface area contributed by atoms with Crippen LogP contribution >= 0.6 is 23.2 Å². The van der Waals surface area contributed by atoms with E-state index in [1.165, 1.54) is 11.3 Å². The Morgan fingerprint density at radius 1 is 1.04 bits per heavy atom. The molecule has 1 N–H and O–H groups in total. The summed E-state index contributed by atoms with van der Waals surface area (Å²) in [5.74, 6) is -0.119. The quantitative estimate of drug-likeness (QED) is 0.684. The molecule has 4 rings (SSSR count). The van der Waals surface area contributed by atoms with Crippen LogP contribution in [0.15, 0.2) is 48.5 Å². The number of hydrogen-bond donors (Lipinski definition) is 1. The van der Waals surface area contributed by atoms with Crippen molar-refractivity contribution >= 4 is 29.1 Å². The van der Waals surface area contributed by atoms with Crippen molar-refractivity contribution in [3.8, 4) is 5.69 Å². The lowest BCUT2D eigenvalue weighted by atomic mass is 10.1. The number of benzene rings is 2. The third-order valence-corrected chi connectivity index (χ3v) is 5.57. The summed E-state index contributed by atoms with van der Waals surface area (Å²) in [5.41, 5.74) is 5.15. The smallest absolute Gasteiger partial charge is 0.224 e. The lowest BCUT2D eigenvalue weighted by Gasteiger charge is -2.08. The molecule has 0 saturated heterocycles. The van der Waals surface area contributed by atoms with Gasteiger partial charge in [-0.1, -0.05) is 47.5 Å². The predicted octanol–water partition coefficient (Wildman–Crippen LogP) is 4.53. The van der Waals surface area contributed by atoms with E-state index in [9.17, 15) is 4.79 Å². The van der Waals surface area contributed by atoms with E-state index in [-0.39, 0.29) is 12.3 Å². The lowest BCUT2D eigenvalue weighted by molar-refractivity contribution is -0.120. The zero-order chi connectivity index (χ0) is 18.8. The number of nitrogens with one attached hydrogen (secondary N) is 1. The second-order valence-electron chi connectivity index (χ2n) is 6.63. The third kappa shape index (κ3) is 3.73. The zero-order valence-electron chi connectivity index (χ0n) is 14.7. The maximum Gasteiger partial charge on any atom is 0.224 e. The van der Waals surface area contributed by atoms with Crippen molar-refractivity contribution < 1.29 is 4.79 Å². The standard InChI is InChI=1S/C21H19Cl2N3O/c22-17-9-5-10-18(23)16(17)12-21(27)24-13-19-15-8-4-11-20(15)26(25-19)14-6-2-1-3-7-14/h1-3,5-7,9-10H,4,8,11-13H2,(H,24,27). The molecule has 3 aromatic rings. The van der Waals surface area contributed by atoms with Crippen LogP contribution in [-0.2, 0) is 30.6 Å². The van der Waals surface area contributed by atoms with Crippen molar-refractivity contribution in [2.75, 3.05) is 0 Å². The number of hydrogen-bond acceptors (Lipinski definition) is 2. The minimum Gasteiger partial charge on any atom is -0.350 e. The number of amides is 1. The predicted molar refractivity (Wildman–Crippen MR) is 108 cm³/mol. The topological polar surface area (TPSA) is 46.9 Å². The monoisotopic (exact) mass is 399 g/mol. The maximum absolute atomic E-state index is 12.4. The summed E-state index contributed by atoms with van der Waals surface area (Å²) in [6.45, 7) is 0.406. The highest BCUT2D eigenvalue weighted by molar-refractivity contribution is 6.36. The van der Waals surface area contributed by atoms with Crippen LogP contribution in [0.3, 0.4) is 0 Å². The molecule has 0 spiro atoms. The van der Waals surface area contributed by atoms with Crippen LogP contribution in [0.4, 0.5) is 0 Å². The van der Waals surface area contributed by atoms with Gasteiger partial charge in [-0.2, -0.15) is 5.10 Å². The Balaban J connectivity index is 1.50. The van der Waals surface area contributed by atoms with Crippen molar-refractivity contribution in [2.24, 2.45) is 0 Å². The molecule has 1 aliphatic rings. The van der Waals surface area contributed by atoms with Gasteiger partial charge in [-0.25, -0.2) is 4.68 Å². The number of rotatable bonds is 5. The van der Waals surface area contributed by atoms with Gasteiger partial charge in [0.1, 0.15) is 0 Å². The molecule has 138 valence electrons.